The van der Waals surface area contributed by atoms with Gasteiger partial charge in [0.1, 0.15) is 17.2 Å². The predicted octanol–water partition coefficient (Wildman–Crippen LogP) is 3.73. The highest BCUT2D eigenvalue weighted by Crippen LogP contribution is 2.32. The molecule has 0 aromatic heterocycles. The Morgan fingerprint density at radius 3 is 2.50 bits per heavy atom. The normalized spacial score (nSPS) is 11.0. The van der Waals surface area contributed by atoms with Gasteiger partial charge in [0.25, 0.3) is 0 Å². The van der Waals surface area contributed by atoms with E-state index in [4.69, 9.17) is 14.2 Å². The number of aliphatic carboxylic acids is 1. The summed E-state index contributed by atoms with van der Waals surface area (Å²) in [6, 6.07) is 12.3. The zero-order valence-corrected chi connectivity index (χ0v) is 13.9. The Balaban J connectivity index is 2.50. The summed E-state index contributed by atoms with van der Waals surface area (Å²) in [5.41, 5.74) is 1.34. The summed E-state index contributed by atoms with van der Waals surface area (Å²) in [6.45, 7) is 2.44. The minimum absolute atomic E-state index is 0.128. The molecule has 0 radical (unpaired) electrons. The molecule has 0 saturated heterocycles. The van der Waals surface area contributed by atoms with E-state index < -0.39 is 5.97 Å². The zero-order chi connectivity index (χ0) is 17.5. The maximum atomic E-state index is 11.8. The number of benzene rings is 2. The molecule has 0 aliphatic rings. The average Bonchev–Trinajstić information content (AvgIpc) is 2.59. The van der Waals surface area contributed by atoms with E-state index in [1.165, 1.54) is 7.11 Å². The molecule has 1 N–H and O–H groups in total. The van der Waals surface area contributed by atoms with Crippen molar-refractivity contribution < 1.29 is 24.1 Å². The highest BCUT2D eigenvalue weighted by atomic mass is 16.5. The van der Waals surface area contributed by atoms with Gasteiger partial charge in [-0.15, -0.1) is 0 Å². The van der Waals surface area contributed by atoms with Crippen LogP contribution in [0.1, 0.15) is 18.1 Å². The van der Waals surface area contributed by atoms with Gasteiger partial charge in [0, 0.05) is 11.6 Å². The fourth-order valence-electron chi connectivity index (χ4n) is 2.30. The first kappa shape index (κ1) is 17.4. The van der Waals surface area contributed by atoms with Crippen molar-refractivity contribution in [2.24, 2.45) is 0 Å². The highest BCUT2D eigenvalue weighted by molar-refractivity contribution is 6.21. The highest BCUT2D eigenvalue weighted by Gasteiger charge is 2.16. The molecular weight excluding hydrogens is 308 g/mol. The molecular formula is C19H20O5. The number of carbonyl (C=O) groups is 1. The summed E-state index contributed by atoms with van der Waals surface area (Å²) in [5, 5.41) is 9.62. The molecule has 0 heterocycles. The third-order valence-electron chi connectivity index (χ3n) is 3.41. The quantitative estimate of drug-likeness (QED) is 0.620. The molecule has 0 fully saturated rings. The van der Waals surface area contributed by atoms with Crippen LogP contribution in [0.4, 0.5) is 0 Å². The van der Waals surface area contributed by atoms with Crippen LogP contribution in [0.5, 0.6) is 17.2 Å². The third kappa shape index (κ3) is 4.07. The number of rotatable bonds is 7. The number of methoxy groups -OCH3 is 2. The summed E-state index contributed by atoms with van der Waals surface area (Å²) >= 11 is 0. The van der Waals surface area contributed by atoms with Gasteiger partial charge in [-0.1, -0.05) is 12.1 Å². The minimum atomic E-state index is -1.04. The number of hydrogen-bond acceptors (Lipinski definition) is 4. The van der Waals surface area contributed by atoms with Gasteiger partial charge in [-0.3, -0.25) is 0 Å². The molecule has 0 atom stereocenters. The van der Waals surface area contributed by atoms with Gasteiger partial charge in [0.2, 0.25) is 0 Å². The first-order valence-corrected chi connectivity index (χ1v) is 7.49. The summed E-state index contributed by atoms with van der Waals surface area (Å²) in [7, 11) is 3.04. The van der Waals surface area contributed by atoms with E-state index in [2.05, 4.69) is 0 Å². The number of carboxylic acids is 1. The monoisotopic (exact) mass is 328 g/mol. The molecule has 2 rings (SSSR count). The van der Waals surface area contributed by atoms with E-state index in [0.29, 0.717) is 29.4 Å². The predicted molar refractivity (Wildman–Crippen MR) is 92.7 cm³/mol. The number of hydrogen-bond donors (Lipinski definition) is 1. The Hall–Kier alpha value is -2.95. The van der Waals surface area contributed by atoms with E-state index >= 15 is 0 Å². The first-order valence-electron chi connectivity index (χ1n) is 7.49. The average molecular weight is 328 g/mol. The van der Waals surface area contributed by atoms with Gasteiger partial charge in [-0.05, 0) is 42.8 Å². The summed E-state index contributed by atoms with van der Waals surface area (Å²) in [4.78, 5) is 11.8. The van der Waals surface area contributed by atoms with Crippen molar-refractivity contribution in [3.8, 4) is 17.2 Å². The number of ether oxygens (including phenoxy) is 3. The Morgan fingerprint density at radius 2 is 1.88 bits per heavy atom. The molecule has 0 spiro atoms. The Morgan fingerprint density at radius 1 is 1.08 bits per heavy atom. The van der Waals surface area contributed by atoms with Crippen LogP contribution in [0.25, 0.3) is 11.6 Å². The van der Waals surface area contributed by atoms with Gasteiger partial charge < -0.3 is 19.3 Å². The van der Waals surface area contributed by atoms with Crippen LogP contribution < -0.4 is 14.2 Å². The summed E-state index contributed by atoms with van der Waals surface area (Å²) in [6.07, 6.45) is 1.59. The fraction of sp³-hybridized carbons (Fsp3) is 0.211. The molecule has 2 aromatic carbocycles. The summed E-state index contributed by atoms with van der Waals surface area (Å²) < 4.78 is 15.9. The van der Waals surface area contributed by atoms with Crippen molar-refractivity contribution in [2.45, 2.75) is 6.92 Å². The lowest BCUT2D eigenvalue weighted by Gasteiger charge is -2.11. The zero-order valence-electron chi connectivity index (χ0n) is 13.9. The minimum Gasteiger partial charge on any atom is -0.497 e. The molecule has 0 bridgehead atoms. The molecule has 5 heteroatoms. The lowest BCUT2D eigenvalue weighted by Crippen LogP contribution is -2.02. The van der Waals surface area contributed by atoms with Crippen molar-refractivity contribution in [3.05, 3.63) is 53.6 Å². The molecule has 0 aliphatic heterocycles. The maximum absolute atomic E-state index is 11.8. The lowest BCUT2D eigenvalue weighted by atomic mass is 10.0. The van der Waals surface area contributed by atoms with Crippen LogP contribution >= 0.6 is 0 Å². The first-order chi connectivity index (χ1) is 11.6. The van der Waals surface area contributed by atoms with Crippen LogP contribution in [0.2, 0.25) is 0 Å². The standard InChI is InChI=1S/C19H20O5/c1-4-24-15-7-5-6-13(10-15)11-17(19(20)21)16-9-8-14(22-2)12-18(16)23-3/h5-12H,4H2,1-3H3,(H,20,21)/b17-11-. The second kappa shape index (κ2) is 8.06. The van der Waals surface area contributed by atoms with Crippen LogP contribution in [0.3, 0.4) is 0 Å². The second-order valence-electron chi connectivity index (χ2n) is 4.93. The van der Waals surface area contributed by atoms with Crippen molar-refractivity contribution in [1.82, 2.24) is 0 Å². The van der Waals surface area contributed by atoms with E-state index in [1.807, 2.05) is 25.1 Å². The summed E-state index contributed by atoms with van der Waals surface area (Å²) in [5.74, 6) is 0.681. The van der Waals surface area contributed by atoms with Gasteiger partial charge >= 0.3 is 5.97 Å². The van der Waals surface area contributed by atoms with Crippen molar-refractivity contribution in [2.75, 3.05) is 20.8 Å². The molecule has 0 unspecified atom stereocenters. The van der Waals surface area contributed by atoms with E-state index in [9.17, 15) is 9.90 Å². The fourth-order valence-corrected chi connectivity index (χ4v) is 2.30. The van der Waals surface area contributed by atoms with E-state index in [-0.39, 0.29) is 5.57 Å². The van der Waals surface area contributed by atoms with Gasteiger partial charge in [-0.25, -0.2) is 4.79 Å². The van der Waals surface area contributed by atoms with Crippen LogP contribution in [0.15, 0.2) is 42.5 Å². The second-order valence-corrected chi connectivity index (χ2v) is 4.93. The largest absolute Gasteiger partial charge is 0.497 e. The molecule has 0 amide bonds. The Labute approximate surface area is 141 Å². The third-order valence-corrected chi connectivity index (χ3v) is 3.41. The Kier molecular flexibility index (Phi) is 5.84. The van der Waals surface area contributed by atoms with Crippen LogP contribution in [-0.2, 0) is 4.79 Å². The molecule has 5 nitrogen and oxygen atoms in total. The lowest BCUT2D eigenvalue weighted by molar-refractivity contribution is -0.130. The molecule has 0 aliphatic carbocycles. The molecule has 0 saturated carbocycles. The number of carboxylic acid groups (broad SMARTS) is 1. The van der Waals surface area contributed by atoms with E-state index in [0.717, 1.165) is 5.56 Å². The van der Waals surface area contributed by atoms with E-state index in [1.54, 1.807) is 37.5 Å². The molecule has 126 valence electrons. The topological polar surface area (TPSA) is 65.0 Å². The van der Waals surface area contributed by atoms with Crippen molar-refractivity contribution in [1.29, 1.82) is 0 Å². The van der Waals surface area contributed by atoms with Crippen LogP contribution in [0, 0.1) is 0 Å². The van der Waals surface area contributed by atoms with Crippen LogP contribution in [-0.4, -0.2) is 31.9 Å². The van der Waals surface area contributed by atoms with Gasteiger partial charge in [0.15, 0.2) is 0 Å². The van der Waals surface area contributed by atoms with Crippen molar-refractivity contribution >= 4 is 17.6 Å². The molecule has 24 heavy (non-hydrogen) atoms. The Bertz CT molecular complexity index is 749. The SMILES string of the molecule is CCOc1cccc(/C=C(\C(=O)O)c2ccc(OC)cc2OC)c1. The van der Waals surface area contributed by atoms with Crippen molar-refractivity contribution in [3.63, 3.8) is 0 Å². The van der Waals surface area contributed by atoms with Gasteiger partial charge in [0.05, 0.1) is 26.4 Å². The van der Waals surface area contributed by atoms with Gasteiger partial charge in [-0.2, -0.15) is 0 Å². The smallest absolute Gasteiger partial charge is 0.336 e. The molecule has 2 aromatic rings. The maximum Gasteiger partial charge on any atom is 0.336 e.